The molecule has 3 rings (SSSR count). The molecule has 25 heavy (non-hydrogen) atoms. The van der Waals surface area contributed by atoms with E-state index in [2.05, 4.69) is 16.5 Å². The number of hydrogen-bond acceptors (Lipinski definition) is 2. The van der Waals surface area contributed by atoms with Crippen molar-refractivity contribution in [1.29, 1.82) is 0 Å². The lowest BCUT2D eigenvalue weighted by Gasteiger charge is -2.28. The second kappa shape index (κ2) is 8.32. The maximum atomic E-state index is 13.3. The topological polar surface area (TPSA) is 25.8 Å². The number of allylic oxidation sites excluding steroid dienone is 1. The number of benzene rings is 1. The number of rotatable bonds is 6. The summed E-state index contributed by atoms with van der Waals surface area (Å²) >= 11 is 0. The van der Waals surface area contributed by atoms with Crippen molar-refractivity contribution in [3.8, 4) is 11.4 Å². The number of nitrogens with zero attached hydrogens (tertiary/aromatic N) is 2. The van der Waals surface area contributed by atoms with Gasteiger partial charge in [0.05, 0.1) is 0 Å². The summed E-state index contributed by atoms with van der Waals surface area (Å²) < 4.78 is 26.4. The Morgan fingerprint density at radius 1 is 1.04 bits per heavy atom. The molecular weight excluding hydrogens is 318 g/mol. The molecule has 0 bridgehead atoms. The summed E-state index contributed by atoms with van der Waals surface area (Å²) in [5.41, 5.74) is 1.65. The first-order valence-corrected chi connectivity index (χ1v) is 9.05. The van der Waals surface area contributed by atoms with Gasteiger partial charge in [0, 0.05) is 18.0 Å². The Morgan fingerprint density at radius 2 is 1.76 bits per heavy atom. The monoisotopic (exact) mass is 342 g/mol. The molecule has 0 radical (unpaired) electrons. The summed E-state index contributed by atoms with van der Waals surface area (Å²) in [4.78, 5) is 8.73. The molecule has 1 aliphatic rings. The van der Waals surface area contributed by atoms with Gasteiger partial charge in [-0.2, -0.15) is 0 Å². The zero-order valence-electron chi connectivity index (χ0n) is 14.4. The molecule has 0 atom stereocenters. The molecule has 2 aromatic rings. The first-order valence-electron chi connectivity index (χ1n) is 9.05. The Morgan fingerprint density at radius 3 is 2.40 bits per heavy atom. The van der Waals surface area contributed by atoms with E-state index in [9.17, 15) is 8.78 Å². The summed E-state index contributed by atoms with van der Waals surface area (Å²) in [6, 6.07) is 3.75. The van der Waals surface area contributed by atoms with Crippen molar-refractivity contribution in [3.63, 3.8) is 0 Å². The zero-order chi connectivity index (χ0) is 17.6. The quantitative estimate of drug-likeness (QED) is 0.471. The Bertz CT molecular complexity index is 704. The van der Waals surface area contributed by atoms with Crippen LogP contribution in [0.2, 0.25) is 0 Å². The summed E-state index contributed by atoms with van der Waals surface area (Å²) in [5.74, 6) is 0.0409. The molecule has 132 valence electrons. The lowest BCUT2D eigenvalue weighted by Crippen LogP contribution is -2.13. The van der Waals surface area contributed by atoms with Gasteiger partial charge in [0.15, 0.2) is 17.5 Å². The van der Waals surface area contributed by atoms with Crippen molar-refractivity contribution in [3.05, 3.63) is 60.4 Å². The van der Waals surface area contributed by atoms with Crippen LogP contribution in [0.4, 0.5) is 8.78 Å². The molecule has 0 aliphatic heterocycles. The van der Waals surface area contributed by atoms with Crippen LogP contribution in [0.15, 0.2) is 43.2 Å². The Balaban J connectivity index is 1.59. The van der Waals surface area contributed by atoms with Gasteiger partial charge in [-0.15, -0.1) is 6.58 Å². The molecule has 1 aliphatic carbocycles. The standard InChI is InChI=1S/C21H24F2N2/c1-2-3-4-5-15-6-8-16(9-7-15)18-13-24-21(25-14-18)17-10-11-19(22)20(23)12-17/h2,10-16H,1,3-9H2/t15-,16-. The molecule has 2 nitrogen and oxygen atoms in total. The normalized spacial score (nSPS) is 20.4. The fourth-order valence-corrected chi connectivity index (χ4v) is 3.67. The van der Waals surface area contributed by atoms with E-state index in [0.29, 0.717) is 17.3 Å². The lowest BCUT2D eigenvalue weighted by atomic mass is 9.77. The van der Waals surface area contributed by atoms with Gasteiger partial charge in [-0.25, -0.2) is 18.7 Å². The van der Waals surface area contributed by atoms with Crippen LogP contribution in [-0.2, 0) is 0 Å². The second-order valence-electron chi connectivity index (χ2n) is 6.91. The third-order valence-corrected chi connectivity index (χ3v) is 5.19. The highest BCUT2D eigenvalue weighted by Crippen LogP contribution is 2.37. The zero-order valence-corrected chi connectivity index (χ0v) is 14.4. The molecule has 1 saturated carbocycles. The molecule has 0 saturated heterocycles. The van der Waals surface area contributed by atoms with E-state index in [1.54, 1.807) is 0 Å². The largest absolute Gasteiger partial charge is 0.236 e. The minimum absolute atomic E-state index is 0.431. The van der Waals surface area contributed by atoms with Crippen molar-refractivity contribution in [1.82, 2.24) is 9.97 Å². The van der Waals surface area contributed by atoms with E-state index < -0.39 is 11.6 Å². The number of aromatic nitrogens is 2. The highest BCUT2D eigenvalue weighted by atomic mass is 19.2. The van der Waals surface area contributed by atoms with E-state index in [-0.39, 0.29) is 0 Å². The predicted molar refractivity (Wildman–Crippen MR) is 96.1 cm³/mol. The molecule has 1 heterocycles. The molecule has 0 unspecified atom stereocenters. The van der Waals surface area contributed by atoms with Crippen molar-refractivity contribution in [2.24, 2.45) is 5.92 Å². The Labute approximate surface area is 148 Å². The van der Waals surface area contributed by atoms with Crippen LogP contribution in [0.3, 0.4) is 0 Å². The lowest BCUT2D eigenvalue weighted by molar-refractivity contribution is 0.305. The number of hydrogen-bond donors (Lipinski definition) is 0. The maximum Gasteiger partial charge on any atom is 0.159 e. The number of unbranched alkanes of at least 4 members (excludes halogenated alkanes) is 1. The first-order chi connectivity index (χ1) is 12.2. The smallest absolute Gasteiger partial charge is 0.159 e. The van der Waals surface area contributed by atoms with E-state index in [0.717, 1.165) is 30.0 Å². The van der Waals surface area contributed by atoms with E-state index >= 15 is 0 Å². The van der Waals surface area contributed by atoms with E-state index in [1.807, 2.05) is 18.5 Å². The third-order valence-electron chi connectivity index (χ3n) is 5.19. The van der Waals surface area contributed by atoms with Crippen LogP contribution >= 0.6 is 0 Å². The van der Waals surface area contributed by atoms with Gasteiger partial charge < -0.3 is 0 Å². The van der Waals surface area contributed by atoms with Gasteiger partial charge in [-0.05, 0) is 74.1 Å². The first kappa shape index (κ1) is 17.7. The molecule has 1 fully saturated rings. The highest BCUT2D eigenvalue weighted by molar-refractivity contribution is 5.54. The Kier molecular flexibility index (Phi) is 5.90. The SMILES string of the molecule is C=CCCC[C@H]1CC[C@H](c2cnc(-c3ccc(F)c(F)c3)nc2)CC1. The van der Waals surface area contributed by atoms with Gasteiger partial charge in [0.25, 0.3) is 0 Å². The predicted octanol–water partition coefficient (Wildman–Crippen LogP) is 6.05. The van der Waals surface area contributed by atoms with Gasteiger partial charge in [-0.1, -0.05) is 12.5 Å². The minimum atomic E-state index is -0.875. The van der Waals surface area contributed by atoms with Crippen LogP contribution in [-0.4, -0.2) is 9.97 Å². The van der Waals surface area contributed by atoms with Crippen LogP contribution in [0.1, 0.15) is 56.4 Å². The summed E-state index contributed by atoms with van der Waals surface area (Å²) in [7, 11) is 0. The van der Waals surface area contributed by atoms with E-state index in [4.69, 9.17) is 0 Å². The van der Waals surface area contributed by atoms with Crippen molar-refractivity contribution < 1.29 is 8.78 Å². The maximum absolute atomic E-state index is 13.3. The highest BCUT2D eigenvalue weighted by Gasteiger charge is 2.22. The average molecular weight is 342 g/mol. The van der Waals surface area contributed by atoms with Crippen molar-refractivity contribution in [2.75, 3.05) is 0 Å². The van der Waals surface area contributed by atoms with Gasteiger partial charge in [0.2, 0.25) is 0 Å². The number of halogens is 2. The van der Waals surface area contributed by atoms with Crippen LogP contribution < -0.4 is 0 Å². The fourth-order valence-electron chi connectivity index (χ4n) is 3.67. The van der Waals surface area contributed by atoms with Gasteiger partial charge in [0.1, 0.15) is 0 Å². The minimum Gasteiger partial charge on any atom is -0.236 e. The van der Waals surface area contributed by atoms with Gasteiger partial charge in [-0.3, -0.25) is 0 Å². The average Bonchev–Trinajstić information content (AvgIpc) is 2.65. The fraction of sp³-hybridized carbons (Fsp3) is 0.429. The second-order valence-corrected chi connectivity index (χ2v) is 6.91. The molecule has 0 N–H and O–H groups in total. The summed E-state index contributed by atoms with van der Waals surface area (Å²) in [6.07, 6.45) is 14.2. The molecular formula is C21H24F2N2. The summed E-state index contributed by atoms with van der Waals surface area (Å²) in [5, 5.41) is 0. The van der Waals surface area contributed by atoms with E-state index in [1.165, 1.54) is 44.6 Å². The molecule has 1 aromatic carbocycles. The summed E-state index contributed by atoms with van der Waals surface area (Å²) in [6.45, 7) is 3.78. The molecule has 1 aromatic heterocycles. The van der Waals surface area contributed by atoms with Crippen LogP contribution in [0.5, 0.6) is 0 Å². The van der Waals surface area contributed by atoms with Crippen molar-refractivity contribution >= 4 is 0 Å². The van der Waals surface area contributed by atoms with Gasteiger partial charge >= 0.3 is 0 Å². The molecule has 0 spiro atoms. The molecule has 4 heteroatoms. The molecule has 0 amide bonds. The van der Waals surface area contributed by atoms with Crippen LogP contribution in [0.25, 0.3) is 11.4 Å². The van der Waals surface area contributed by atoms with Crippen molar-refractivity contribution in [2.45, 2.75) is 50.9 Å². The third kappa shape index (κ3) is 4.50. The van der Waals surface area contributed by atoms with Crippen LogP contribution in [0, 0.1) is 17.6 Å². The Hall–Kier alpha value is -2.10.